The lowest BCUT2D eigenvalue weighted by atomic mass is 9.57. The molecule has 6 heteroatoms. The zero-order valence-electron chi connectivity index (χ0n) is 27.3. The third-order valence-electron chi connectivity index (χ3n) is 9.89. The van der Waals surface area contributed by atoms with Crippen molar-refractivity contribution in [1.29, 1.82) is 0 Å². The van der Waals surface area contributed by atoms with Crippen molar-refractivity contribution >= 4 is 5.97 Å². The molecule has 0 bridgehead atoms. The zero-order chi connectivity index (χ0) is 32.8. The molecule has 0 radical (unpaired) electrons. The molecule has 44 heavy (non-hydrogen) atoms. The van der Waals surface area contributed by atoms with Crippen LogP contribution in [0.15, 0.2) is 96.2 Å². The average molecular weight is 605 g/mol. The first kappa shape index (κ1) is 35.3. The Kier molecular flexibility index (Phi) is 11.8. The largest absolute Gasteiger partial charge is 0.508 e. The summed E-state index contributed by atoms with van der Waals surface area (Å²) in [4.78, 5) is 10.7. The van der Waals surface area contributed by atoms with Crippen LogP contribution in [0.1, 0.15) is 72.8 Å². The fourth-order valence-corrected chi connectivity index (χ4v) is 7.58. The number of aliphatic carboxylic acids is 1. The highest BCUT2D eigenvalue weighted by Crippen LogP contribution is 2.62. The number of fused-ring (bicyclic) bond motifs is 1. The van der Waals surface area contributed by atoms with Crippen molar-refractivity contribution < 1.29 is 30.3 Å². The monoisotopic (exact) mass is 604 g/mol. The van der Waals surface area contributed by atoms with Crippen LogP contribution < -0.4 is 0 Å². The zero-order valence-corrected chi connectivity index (χ0v) is 27.3. The van der Waals surface area contributed by atoms with Crippen molar-refractivity contribution in [2.45, 2.75) is 85.0 Å². The summed E-state index contributed by atoms with van der Waals surface area (Å²) in [6.45, 7) is 14.5. The maximum atomic E-state index is 11.4. The molecular weight excluding hydrogens is 552 g/mol. The van der Waals surface area contributed by atoms with Gasteiger partial charge in [0.1, 0.15) is 5.75 Å². The summed E-state index contributed by atoms with van der Waals surface area (Å²) in [5.41, 5.74) is 2.35. The van der Waals surface area contributed by atoms with Gasteiger partial charge in [-0.05, 0) is 74.5 Å². The SMILES string of the molecule is CC1=CC2C(C(C(C)c3ccc(O)cc3)C1\C=C/C=C/C=C\C(O)C(C)C(O)C/C=C(C)/C=C/C(=O)O)C(C)(C)CC2(C)O. The van der Waals surface area contributed by atoms with Crippen LogP contribution in [0.3, 0.4) is 0 Å². The number of allylic oxidation sites excluding steroid dienone is 8. The predicted molar refractivity (Wildman–Crippen MR) is 177 cm³/mol. The Labute approximate surface area is 263 Å². The van der Waals surface area contributed by atoms with Crippen LogP contribution in [0.25, 0.3) is 0 Å². The molecule has 1 fully saturated rings. The maximum Gasteiger partial charge on any atom is 0.328 e. The van der Waals surface area contributed by atoms with Crippen molar-refractivity contribution in [2.75, 3.05) is 0 Å². The number of aromatic hydroxyl groups is 1. The summed E-state index contributed by atoms with van der Waals surface area (Å²) in [6, 6.07) is 7.50. The number of phenolic OH excluding ortho intramolecular Hbond substituents is 1. The number of aliphatic hydroxyl groups is 3. The van der Waals surface area contributed by atoms with Gasteiger partial charge in [-0.2, -0.15) is 0 Å². The Balaban J connectivity index is 1.74. The van der Waals surface area contributed by atoms with E-state index in [2.05, 4.69) is 39.8 Å². The van der Waals surface area contributed by atoms with Gasteiger partial charge in [0, 0.05) is 23.8 Å². The van der Waals surface area contributed by atoms with Crippen LogP contribution in [0.5, 0.6) is 5.75 Å². The summed E-state index contributed by atoms with van der Waals surface area (Å²) in [7, 11) is 0. The minimum Gasteiger partial charge on any atom is -0.508 e. The third-order valence-corrected chi connectivity index (χ3v) is 9.89. The normalized spacial score (nSPS) is 30.1. The number of carboxylic acids is 1. The lowest BCUT2D eigenvalue weighted by Crippen LogP contribution is -2.42. The Morgan fingerprint density at radius 1 is 1.02 bits per heavy atom. The molecule has 0 saturated heterocycles. The molecule has 240 valence electrons. The minimum atomic E-state index is -1.02. The number of rotatable bonds is 12. The van der Waals surface area contributed by atoms with Crippen LogP contribution in [0, 0.1) is 35.0 Å². The molecule has 9 unspecified atom stereocenters. The first-order valence-electron chi connectivity index (χ1n) is 15.7. The van der Waals surface area contributed by atoms with Gasteiger partial charge in [0.15, 0.2) is 0 Å². The molecule has 9 atom stereocenters. The molecule has 1 aromatic carbocycles. The van der Waals surface area contributed by atoms with E-state index in [1.807, 2.05) is 37.3 Å². The standard InChI is InChI=1S/C38H52O6/c1-24(15-21-34(42)43)14-20-33(41)27(4)32(40)13-11-9-8-10-12-30-25(2)22-31-36(37(5,6)23-38(31,7)44)35(30)26(3)28-16-18-29(39)19-17-28/h8-19,21-22,26-27,30-33,35-36,39-41,44H,20,23H2,1-7H3,(H,42,43)/b9-8+,12-10-,13-11-,21-15+,24-14+. The van der Waals surface area contributed by atoms with Crippen molar-refractivity contribution in [3.63, 3.8) is 0 Å². The Morgan fingerprint density at radius 3 is 2.30 bits per heavy atom. The molecule has 1 aromatic rings. The Hall–Kier alpha value is -3.19. The number of hydrogen-bond acceptors (Lipinski definition) is 5. The smallest absolute Gasteiger partial charge is 0.328 e. The van der Waals surface area contributed by atoms with Gasteiger partial charge < -0.3 is 25.5 Å². The number of phenols is 1. The second kappa shape index (κ2) is 14.7. The molecule has 0 aliphatic heterocycles. The van der Waals surface area contributed by atoms with E-state index in [4.69, 9.17) is 5.11 Å². The van der Waals surface area contributed by atoms with Crippen molar-refractivity contribution in [3.05, 3.63) is 102 Å². The van der Waals surface area contributed by atoms with E-state index in [0.717, 1.165) is 18.1 Å². The Morgan fingerprint density at radius 2 is 1.66 bits per heavy atom. The molecule has 5 N–H and O–H groups in total. The van der Waals surface area contributed by atoms with E-state index in [1.54, 1.807) is 44.2 Å². The first-order valence-corrected chi connectivity index (χ1v) is 15.7. The fraction of sp³-hybridized carbons (Fsp3) is 0.500. The number of aliphatic hydroxyl groups excluding tert-OH is 2. The van der Waals surface area contributed by atoms with Gasteiger partial charge in [-0.3, -0.25) is 0 Å². The number of benzene rings is 1. The molecule has 2 aliphatic carbocycles. The highest BCUT2D eigenvalue weighted by atomic mass is 16.4. The van der Waals surface area contributed by atoms with E-state index in [0.29, 0.717) is 6.42 Å². The second-order valence-electron chi connectivity index (χ2n) is 13.9. The van der Waals surface area contributed by atoms with Crippen LogP contribution in [-0.2, 0) is 4.79 Å². The predicted octanol–water partition coefficient (Wildman–Crippen LogP) is 7.11. The van der Waals surface area contributed by atoms with Crippen LogP contribution >= 0.6 is 0 Å². The lowest BCUT2D eigenvalue weighted by Gasteiger charge is -2.47. The molecule has 6 nitrogen and oxygen atoms in total. The van der Waals surface area contributed by atoms with Gasteiger partial charge in [0.2, 0.25) is 0 Å². The van der Waals surface area contributed by atoms with Gasteiger partial charge >= 0.3 is 5.97 Å². The molecule has 1 saturated carbocycles. The molecule has 0 aromatic heterocycles. The topological polar surface area (TPSA) is 118 Å². The fourth-order valence-electron chi connectivity index (χ4n) is 7.58. The van der Waals surface area contributed by atoms with Crippen molar-refractivity contribution in [3.8, 4) is 5.75 Å². The second-order valence-corrected chi connectivity index (χ2v) is 13.9. The molecule has 0 heterocycles. The number of carbonyl (C=O) groups is 1. The summed E-state index contributed by atoms with van der Waals surface area (Å²) in [6.07, 6.45) is 17.6. The summed E-state index contributed by atoms with van der Waals surface area (Å²) >= 11 is 0. The van der Waals surface area contributed by atoms with Gasteiger partial charge in [0.05, 0.1) is 17.8 Å². The Bertz CT molecular complexity index is 1310. The number of carboxylic acid groups (broad SMARTS) is 1. The van der Waals surface area contributed by atoms with E-state index in [1.165, 1.54) is 17.2 Å². The highest BCUT2D eigenvalue weighted by Gasteiger charge is 2.59. The van der Waals surface area contributed by atoms with Crippen molar-refractivity contribution in [1.82, 2.24) is 0 Å². The van der Waals surface area contributed by atoms with Crippen molar-refractivity contribution in [2.24, 2.45) is 35.0 Å². The van der Waals surface area contributed by atoms with Crippen LogP contribution in [0.2, 0.25) is 0 Å². The first-order chi connectivity index (χ1) is 20.5. The highest BCUT2D eigenvalue weighted by molar-refractivity contribution is 5.80. The summed E-state index contributed by atoms with van der Waals surface area (Å²) < 4.78 is 0. The summed E-state index contributed by atoms with van der Waals surface area (Å²) in [5.74, 6) is -0.200. The quantitative estimate of drug-likeness (QED) is 0.0986. The summed E-state index contributed by atoms with van der Waals surface area (Å²) in [5, 5.41) is 51.1. The van der Waals surface area contributed by atoms with E-state index in [-0.39, 0.29) is 40.8 Å². The minimum absolute atomic E-state index is 0.0487. The molecule has 2 aliphatic rings. The van der Waals surface area contributed by atoms with Gasteiger partial charge in [0.25, 0.3) is 0 Å². The molecule has 0 amide bonds. The van der Waals surface area contributed by atoms with Gasteiger partial charge in [-0.1, -0.05) is 106 Å². The third kappa shape index (κ3) is 8.71. The van der Waals surface area contributed by atoms with Crippen LogP contribution in [0.4, 0.5) is 0 Å². The van der Waals surface area contributed by atoms with Gasteiger partial charge in [-0.25, -0.2) is 4.79 Å². The van der Waals surface area contributed by atoms with Gasteiger partial charge in [-0.15, -0.1) is 0 Å². The molecular formula is C38H52O6. The van der Waals surface area contributed by atoms with E-state index >= 15 is 0 Å². The number of hydrogen-bond donors (Lipinski definition) is 5. The van der Waals surface area contributed by atoms with E-state index < -0.39 is 29.7 Å². The molecule has 3 rings (SSSR count). The van der Waals surface area contributed by atoms with E-state index in [9.17, 15) is 25.2 Å². The molecule has 0 spiro atoms. The maximum absolute atomic E-state index is 11.4. The van der Waals surface area contributed by atoms with Crippen LogP contribution in [-0.4, -0.2) is 49.3 Å². The average Bonchev–Trinajstić information content (AvgIpc) is 3.14. The lowest BCUT2D eigenvalue weighted by molar-refractivity contribution is -0.131.